The zero-order valence-corrected chi connectivity index (χ0v) is 19.8. The van der Waals surface area contributed by atoms with Gasteiger partial charge in [-0.1, -0.05) is 36.4 Å². The summed E-state index contributed by atoms with van der Waals surface area (Å²) < 4.78 is 0. The molecule has 7 rings (SSSR count). The summed E-state index contributed by atoms with van der Waals surface area (Å²) in [7, 11) is 0. The molecule has 0 saturated heterocycles. The molecular weight excluding hydrogens is 466 g/mol. The van der Waals surface area contributed by atoms with Gasteiger partial charge < -0.3 is 15.2 Å². The Bertz CT molecular complexity index is 1750. The molecule has 0 aliphatic carbocycles. The minimum atomic E-state index is -0.169. The van der Waals surface area contributed by atoms with E-state index in [1.165, 1.54) is 5.56 Å². The molecule has 1 aliphatic heterocycles. The van der Waals surface area contributed by atoms with Gasteiger partial charge in [0, 0.05) is 47.4 Å². The smallest absolute Gasteiger partial charge is 0.269 e. The second kappa shape index (κ2) is 8.59. The third-order valence-electron chi connectivity index (χ3n) is 7.02. The molecule has 0 bridgehead atoms. The Hall–Kier alpha value is -4.99. The lowest BCUT2D eigenvalue weighted by Gasteiger charge is -2.19. The summed E-state index contributed by atoms with van der Waals surface area (Å²) in [5.74, 6) is 0.912. The van der Waals surface area contributed by atoms with Crippen LogP contribution < -0.4 is 10.2 Å². The van der Waals surface area contributed by atoms with Gasteiger partial charge in [-0.2, -0.15) is 10.2 Å². The number of nitrogens with one attached hydrogen (secondary N) is 4. The number of rotatable bonds is 6. The van der Waals surface area contributed by atoms with Crippen molar-refractivity contribution in [2.75, 3.05) is 18.0 Å². The molecule has 4 aromatic heterocycles. The number of carbonyl (C=O) groups excluding carboxylic acids is 1. The van der Waals surface area contributed by atoms with Crippen molar-refractivity contribution in [2.24, 2.45) is 0 Å². The van der Waals surface area contributed by atoms with Gasteiger partial charge in [-0.25, -0.2) is 9.97 Å². The topological polar surface area (TPSA) is 131 Å². The summed E-state index contributed by atoms with van der Waals surface area (Å²) in [4.78, 5) is 27.2. The molecule has 6 aromatic rings. The number of hydrogen-bond donors (Lipinski definition) is 4. The number of carbonyl (C=O) groups is 1. The molecule has 0 fully saturated rings. The van der Waals surface area contributed by atoms with Crippen LogP contribution in [-0.4, -0.2) is 54.3 Å². The summed E-state index contributed by atoms with van der Waals surface area (Å²) in [5.41, 5.74) is 6.25. The number of aromatic amines is 3. The average Bonchev–Trinajstić information content (AvgIpc) is 3.73. The van der Waals surface area contributed by atoms with Crippen LogP contribution in [0.4, 0.5) is 11.5 Å². The maximum atomic E-state index is 12.9. The van der Waals surface area contributed by atoms with E-state index in [4.69, 9.17) is 0 Å². The molecular formula is C27H23N9O. The second-order valence-corrected chi connectivity index (χ2v) is 9.16. The minimum absolute atomic E-state index is 0.169. The van der Waals surface area contributed by atoms with Crippen LogP contribution in [0.15, 0.2) is 73.3 Å². The molecule has 10 nitrogen and oxygen atoms in total. The number of benzene rings is 2. The highest BCUT2D eigenvalue weighted by Crippen LogP contribution is 2.42. The Morgan fingerprint density at radius 3 is 2.92 bits per heavy atom. The second-order valence-electron chi connectivity index (χ2n) is 9.16. The van der Waals surface area contributed by atoms with E-state index in [0.29, 0.717) is 17.9 Å². The zero-order valence-electron chi connectivity index (χ0n) is 19.8. The minimum Gasteiger partial charge on any atom is -0.360 e. The lowest BCUT2D eigenvalue weighted by atomic mass is 9.98. The van der Waals surface area contributed by atoms with Gasteiger partial charge in [0.15, 0.2) is 5.65 Å². The Labute approximate surface area is 211 Å². The van der Waals surface area contributed by atoms with Crippen molar-refractivity contribution in [3.63, 3.8) is 0 Å². The zero-order chi connectivity index (χ0) is 24.8. The summed E-state index contributed by atoms with van der Waals surface area (Å²) in [6.45, 7) is 1.30. The fourth-order valence-corrected chi connectivity index (χ4v) is 5.22. The molecule has 1 unspecified atom stereocenters. The molecule has 1 aliphatic rings. The molecule has 1 atom stereocenters. The van der Waals surface area contributed by atoms with Crippen LogP contribution >= 0.6 is 0 Å². The van der Waals surface area contributed by atoms with Crippen molar-refractivity contribution in [1.82, 2.24) is 40.7 Å². The number of anilines is 2. The Balaban J connectivity index is 1.05. The van der Waals surface area contributed by atoms with E-state index in [0.717, 1.165) is 52.0 Å². The fourth-order valence-electron chi connectivity index (χ4n) is 5.22. The monoisotopic (exact) mass is 489 g/mol. The van der Waals surface area contributed by atoms with Crippen LogP contribution in [0.25, 0.3) is 33.2 Å². The largest absolute Gasteiger partial charge is 0.360 e. The standard InChI is InChI=1S/C27H23N9O/c37-27(23-11-22(33-34-23)19-12-29-21-7-3-1-6-18(19)21)28-10-9-16-14-36(24-8-4-2-5-17(16)24)26-20-13-32-35-25(20)30-15-31-26/h1-8,11-13,15-16,29H,9-10,14H2,(H,28,37)(H,33,34)(H,30,31,32,35). The van der Waals surface area contributed by atoms with Gasteiger partial charge in [-0.3, -0.25) is 15.0 Å². The molecule has 1 amide bonds. The number of para-hydroxylation sites is 2. The first kappa shape index (κ1) is 21.3. The SMILES string of the molecule is O=C(NCCC1CN(c2ncnc3[nH]ncc23)c2ccccc21)c1cc(-c2c[nH]c3ccccc23)n[nH]1. The van der Waals surface area contributed by atoms with Gasteiger partial charge in [0.05, 0.1) is 17.3 Å². The molecule has 182 valence electrons. The van der Waals surface area contributed by atoms with Crippen LogP contribution in [0, 0.1) is 0 Å². The van der Waals surface area contributed by atoms with Gasteiger partial charge >= 0.3 is 0 Å². The van der Waals surface area contributed by atoms with Crippen LogP contribution in [0.3, 0.4) is 0 Å². The van der Waals surface area contributed by atoms with Crippen molar-refractivity contribution >= 4 is 39.3 Å². The Kier molecular flexibility index (Phi) is 4.95. The van der Waals surface area contributed by atoms with Crippen molar-refractivity contribution in [3.8, 4) is 11.3 Å². The molecule has 10 heteroatoms. The van der Waals surface area contributed by atoms with E-state index in [2.05, 4.69) is 63.8 Å². The fraction of sp³-hybridized carbons (Fsp3) is 0.148. The van der Waals surface area contributed by atoms with Crippen LogP contribution in [0.1, 0.15) is 28.4 Å². The molecule has 4 N–H and O–H groups in total. The third kappa shape index (κ3) is 3.61. The Morgan fingerprint density at radius 1 is 1.05 bits per heavy atom. The maximum absolute atomic E-state index is 12.9. The van der Waals surface area contributed by atoms with Crippen LogP contribution in [0.5, 0.6) is 0 Å². The van der Waals surface area contributed by atoms with Crippen molar-refractivity contribution in [1.29, 1.82) is 0 Å². The molecule has 2 aromatic carbocycles. The lowest BCUT2D eigenvalue weighted by Crippen LogP contribution is -2.27. The van der Waals surface area contributed by atoms with Gasteiger partial charge in [-0.05, 0) is 30.2 Å². The molecule has 37 heavy (non-hydrogen) atoms. The number of amides is 1. The molecule has 0 saturated carbocycles. The van der Waals surface area contributed by atoms with Gasteiger partial charge in [0.2, 0.25) is 0 Å². The van der Waals surface area contributed by atoms with E-state index >= 15 is 0 Å². The van der Waals surface area contributed by atoms with Crippen molar-refractivity contribution in [2.45, 2.75) is 12.3 Å². The number of aromatic nitrogens is 7. The molecule has 0 radical (unpaired) electrons. The first-order valence-corrected chi connectivity index (χ1v) is 12.2. The summed E-state index contributed by atoms with van der Waals surface area (Å²) in [6, 6.07) is 18.2. The predicted octanol–water partition coefficient (Wildman–Crippen LogP) is 4.28. The normalized spacial score (nSPS) is 14.9. The quantitative estimate of drug-likeness (QED) is 0.276. The van der Waals surface area contributed by atoms with E-state index in [1.54, 1.807) is 18.6 Å². The predicted molar refractivity (Wildman–Crippen MR) is 141 cm³/mol. The summed E-state index contributed by atoms with van der Waals surface area (Å²) in [5, 5.41) is 19.3. The molecule has 0 spiro atoms. The van der Waals surface area contributed by atoms with E-state index in [1.807, 2.05) is 36.5 Å². The van der Waals surface area contributed by atoms with Crippen LogP contribution in [0.2, 0.25) is 0 Å². The van der Waals surface area contributed by atoms with E-state index in [9.17, 15) is 4.79 Å². The van der Waals surface area contributed by atoms with Gasteiger partial charge in [0.1, 0.15) is 17.8 Å². The third-order valence-corrected chi connectivity index (χ3v) is 7.02. The summed E-state index contributed by atoms with van der Waals surface area (Å²) >= 11 is 0. The number of fused-ring (bicyclic) bond motifs is 3. The Morgan fingerprint density at radius 2 is 1.95 bits per heavy atom. The first-order chi connectivity index (χ1) is 18.3. The average molecular weight is 490 g/mol. The highest BCUT2D eigenvalue weighted by atomic mass is 16.1. The maximum Gasteiger partial charge on any atom is 0.269 e. The van der Waals surface area contributed by atoms with Crippen molar-refractivity contribution < 1.29 is 4.79 Å². The van der Waals surface area contributed by atoms with Crippen molar-refractivity contribution in [3.05, 3.63) is 84.6 Å². The van der Waals surface area contributed by atoms with Crippen LogP contribution in [-0.2, 0) is 0 Å². The summed E-state index contributed by atoms with van der Waals surface area (Å²) in [6.07, 6.45) is 6.03. The highest BCUT2D eigenvalue weighted by Gasteiger charge is 2.31. The van der Waals surface area contributed by atoms with E-state index in [-0.39, 0.29) is 11.8 Å². The van der Waals surface area contributed by atoms with Gasteiger partial charge in [-0.15, -0.1) is 0 Å². The highest BCUT2D eigenvalue weighted by molar-refractivity contribution is 5.97. The van der Waals surface area contributed by atoms with Gasteiger partial charge in [0.25, 0.3) is 5.91 Å². The number of hydrogen-bond acceptors (Lipinski definition) is 6. The lowest BCUT2D eigenvalue weighted by molar-refractivity contribution is 0.0947. The number of H-pyrrole nitrogens is 3. The number of nitrogens with zero attached hydrogens (tertiary/aromatic N) is 5. The first-order valence-electron chi connectivity index (χ1n) is 12.2. The molecule has 5 heterocycles. The van der Waals surface area contributed by atoms with E-state index < -0.39 is 0 Å².